The van der Waals surface area contributed by atoms with Crippen LogP contribution in [0.1, 0.15) is 26.2 Å². The largest absolute Gasteiger partial charge is 0.456 e. The van der Waals surface area contributed by atoms with E-state index in [1.165, 1.54) is 12.1 Å². The molecule has 0 spiro atoms. The fraction of sp³-hybridized carbons (Fsp3) is 0.385. The maximum Gasteiger partial charge on any atom is 0.306 e. The topological polar surface area (TPSA) is 98.5 Å². The van der Waals surface area contributed by atoms with Gasteiger partial charge in [0.2, 0.25) is 0 Å². The molecule has 0 unspecified atom stereocenters. The molecule has 7 nitrogen and oxygen atoms in total. The quantitative estimate of drug-likeness (QED) is 0.397. The van der Waals surface area contributed by atoms with Gasteiger partial charge in [-0.05, 0) is 38.3 Å². The molecule has 0 aliphatic rings. The molecular formula is C13H14Br2N2O5. The second-order valence-corrected chi connectivity index (χ2v) is 6.06. The van der Waals surface area contributed by atoms with E-state index in [1.807, 2.05) is 6.92 Å². The number of unbranched alkanes of at least 4 members (excludes halogenated alkanes) is 1. The van der Waals surface area contributed by atoms with Gasteiger partial charge in [-0.3, -0.25) is 19.7 Å². The van der Waals surface area contributed by atoms with Gasteiger partial charge in [0.1, 0.15) is 0 Å². The van der Waals surface area contributed by atoms with Crippen LogP contribution in [0.2, 0.25) is 0 Å². The van der Waals surface area contributed by atoms with Crippen LogP contribution < -0.4 is 5.32 Å². The Labute approximate surface area is 143 Å². The number of carbonyl (C=O) groups excluding carboxylic acids is 2. The van der Waals surface area contributed by atoms with E-state index in [9.17, 15) is 19.7 Å². The molecule has 0 saturated heterocycles. The van der Waals surface area contributed by atoms with Gasteiger partial charge >= 0.3 is 5.97 Å². The van der Waals surface area contributed by atoms with Crippen LogP contribution in [-0.2, 0) is 14.3 Å². The summed E-state index contributed by atoms with van der Waals surface area (Å²) in [6, 6.07) is 2.54. The van der Waals surface area contributed by atoms with Gasteiger partial charge in [-0.15, -0.1) is 0 Å². The average molecular weight is 438 g/mol. The molecule has 0 fully saturated rings. The second kappa shape index (κ2) is 8.84. The molecule has 1 rings (SSSR count). The summed E-state index contributed by atoms with van der Waals surface area (Å²) in [4.78, 5) is 33.2. The number of nitrogens with one attached hydrogen (secondary N) is 1. The third-order valence-corrected chi connectivity index (χ3v) is 3.85. The Bertz CT molecular complexity index is 569. The van der Waals surface area contributed by atoms with Crippen molar-refractivity contribution in [1.29, 1.82) is 0 Å². The van der Waals surface area contributed by atoms with Gasteiger partial charge in [0, 0.05) is 27.5 Å². The van der Waals surface area contributed by atoms with Crippen molar-refractivity contribution in [2.24, 2.45) is 0 Å². The zero-order chi connectivity index (χ0) is 16.7. The molecule has 1 aromatic carbocycles. The highest BCUT2D eigenvalue weighted by atomic mass is 79.9. The number of nitro benzene ring substituents is 1. The van der Waals surface area contributed by atoms with Gasteiger partial charge < -0.3 is 10.1 Å². The first kappa shape index (κ1) is 18.6. The molecule has 0 radical (unpaired) electrons. The van der Waals surface area contributed by atoms with Gasteiger partial charge in [0.15, 0.2) is 6.61 Å². The summed E-state index contributed by atoms with van der Waals surface area (Å²) >= 11 is 6.30. The molecule has 120 valence electrons. The van der Waals surface area contributed by atoms with Crippen LogP contribution in [0.25, 0.3) is 0 Å². The Morgan fingerprint density at radius 2 is 1.91 bits per heavy atom. The van der Waals surface area contributed by atoms with Crippen molar-refractivity contribution in [2.75, 3.05) is 11.9 Å². The number of carbonyl (C=O) groups is 2. The third-order valence-electron chi connectivity index (χ3n) is 2.60. The smallest absolute Gasteiger partial charge is 0.306 e. The number of rotatable bonds is 7. The Morgan fingerprint density at radius 1 is 1.32 bits per heavy atom. The van der Waals surface area contributed by atoms with E-state index in [4.69, 9.17) is 4.74 Å². The van der Waals surface area contributed by atoms with E-state index >= 15 is 0 Å². The van der Waals surface area contributed by atoms with Gasteiger partial charge in [-0.1, -0.05) is 13.3 Å². The number of halogens is 2. The number of benzene rings is 1. The summed E-state index contributed by atoms with van der Waals surface area (Å²) < 4.78 is 5.52. The fourth-order valence-electron chi connectivity index (χ4n) is 1.50. The number of non-ortho nitro benzene ring substituents is 1. The van der Waals surface area contributed by atoms with Crippen molar-refractivity contribution in [3.05, 3.63) is 31.2 Å². The number of esters is 1. The number of nitrogens with zero attached hydrogens (tertiary/aromatic N) is 1. The monoisotopic (exact) mass is 436 g/mol. The third kappa shape index (κ3) is 5.72. The van der Waals surface area contributed by atoms with Crippen LogP contribution >= 0.6 is 31.9 Å². The standard InChI is InChI=1S/C13H14Br2N2O5/c1-2-3-4-12(19)22-7-11(18)16-13-9(14)5-8(17(20)21)6-10(13)15/h5-6H,2-4,7H2,1H3,(H,16,18). The zero-order valence-corrected chi connectivity index (χ0v) is 14.9. The van der Waals surface area contributed by atoms with Crippen molar-refractivity contribution in [3.63, 3.8) is 0 Å². The molecule has 0 atom stereocenters. The van der Waals surface area contributed by atoms with Crippen molar-refractivity contribution in [3.8, 4) is 0 Å². The number of hydrogen-bond donors (Lipinski definition) is 1. The number of nitro groups is 1. The first-order valence-electron chi connectivity index (χ1n) is 6.44. The maximum absolute atomic E-state index is 11.8. The van der Waals surface area contributed by atoms with E-state index in [1.54, 1.807) is 0 Å². The lowest BCUT2D eigenvalue weighted by Crippen LogP contribution is -2.21. The molecule has 0 bridgehead atoms. The molecular weight excluding hydrogens is 424 g/mol. The van der Waals surface area contributed by atoms with Crippen LogP contribution in [0.15, 0.2) is 21.1 Å². The minimum Gasteiger partial charge on any atom is -0.456 e. The summed E-state index contributed by atoms with van der Waals surface area (Å²) in [6.07, 6.45) is 1.85. The summed E-state index contributed by atoms with van der Waals surface area (Å²) in [7, 11) is 0. The van der Waals surface area contributed by atoms with Gasteiger partial charge in [-0.25, -0.2) is 0 Å². The van der Waals surface area contributed by atoms with Crippen LogP contribution in [0.4, 0.5) is 11.4 Å². The van der Waals surface area contributed by atoms with Gasteiger partial charge in [0.25, 0.3) is 11.6 Å². The zero-order valence-electron chi connectivity index (χ0n) is 11.7. The molecule has 0 aromatic heterocycles. The lowest BCUT2D eigenvalue weighted by molar-refractivity contribution is -0.385. The normalized spacial score (nSPS) is 10.1. The first-order valence-corrected chi connectivity index (χ1v) is 8.02. The van der Waals surface area contributed by atoms with E-state index in [2.05, 4.69) is 37.2 Å². The van der Waals surface area contributed by atoms with Crippen LogP contribution in [0.3, 0.4) is 0 Å². The molecule has 0 aliphatic carbocycles. The summed E-state index contributed by atoms with van der Waals surface area (Å²) in [6.45, 7) is 1.54. The average Bonchev–Trinajstić information content (AvgIpc) is 2.46. The highest BCUT2D eigenvalue weighted by Crippen LogP contribution is 2.35. The number of hydrogen-bond acceptors (Lipinski definition) is 5. The predicted octanol–water partition coefficient (Wildman–Crippen LogP) is 3.79. The van der Waals surface area contributed by atoms with Crippen molar-refractivity contribution in [2.45, 2.75) is 26.2 Å². The van der Waals surface area contributed by atoms with E-state index in [0.29, 0.717) is 21.1 Å². The van der Waals surface area contributed by atoms with E-state index in [0.717, 1.165) is 6.42 Å². The maximum atomic E-state index is 11.8. The van der Waals surface area contributed by atoms with Crippen molar-refractivity contribution in [1.82, 2.24) is 0 Å². The van der Waals surface area contributed by atoms with E-state index in [-0.39, 0.29) is 12.1 Å². The molecule has 9 heteroatoms. The molecule has 0 saturated carbocycles. The summed E-state index contributed by atoms with van der Waals surface area (Å²) in [5.74, 6) is -0.959. The number of anilines is 1. The van der Waals surface area contributed by atoms with E-state index < -0.39 is 23.4 Å². The lowest BCUT2D eigenvalue weighted by Gasteiger charge is -2.10. The Balaban J connectivity index is 2.65. The Hall–Kier alpha value is -1.48. The first-order chi connectivity index (χ1) is 10.3. The summed E-state index contributed by atoms with van der Waals surface area (Å²) in [5.41, 5.74) is 0.211. The minimum atomic E-state index is -0.545. The minimum absolute atomic E-state index is 0.122. The fourth-order valence-corrected chi connectivity index (χ4v) is 2.86. The predicted molar refractivity (Wildman–Crippen MR) is 87.6 cm³/mol. The molecule has 1 N–H and O–H groups in total. The summed E-state index contributed by atoms with van der Waals surface area (Å²) in [5, 5.41) is 13.2. The number of amides is 1. The van der Waals surface area contributed by atoms with Crippen LogP contribution in [0, 0.1) is 10.1 Å². The second-order valence-electron chi connectivity index (χ2n) is 4.35. The highest BCUT2D eigenvalue weighted by Gasteiger charge is 2.16. The number of ether oxygens (including phenoxy) is 1. The Kier molecular flexibility index (Phi) is 7.46. The molecule has 0 aliphatic heterocycles. The van der Waals surface area contributed by atoms with Crippen LogP contribution in [0.5, 0.6) is 0 Å². The Morgan fingerprint density at radius 3 is 2.41 bits per heavy atom. The van der Waals surface area contributed by atoms with Crippen LogP contribution in [-0.4, -0.2) is 23.4 Å². The SMILES string of the molecule is CCCCC(=O)OCC(=O)Nc1c(Br)cc([N+](=O)[O-])cc1Br. The highest BCUT2D eigenvalue weighted by molar-refractivity contribution is 9.11. The molecule has 0 heterocycles. The van der Waals surface area contributed by atoms with Gasteiger partial charge in [0.05, 0.1) is 10.6 Å². The van der Waals surface area contributed by atoms with Gasteiger partial charge in [-0.2, -0.15) is 0 Å². The van der Waals surface area contributed by atoms with Crippen molar-refractivity contribution < 1.29 is 19.2 Å². The van der Waals surface area contributed by atoms with Crippen molar-refractivity contribution >= 4 is 55.1 Å². The molecule has 1 aromatic rings. The molecule has 22 heavy (non-hydrogen) atoms. The molecule has 1 amide bonds. The lowest BCUT2D eigenvalue weighted by atomic mass is 10.2.